The molecule has 3 rings (SSSR count). The van der Waals surface area contributed by atoms with Crippen LogP contribution in [0.15, 0.2) is 36.5 Å². The molecule has 0 unspecified atom stereocenters. The molecule has 0 N–H and O–H groups in total. The highest BCUT2D eigenvalue weighted by molar-refractivity contribution is 7.21. The van der Waals surface area contributed by atoms with Crippen molar-refractivity contribution in [3.8, 4) is 0 Å². The number of pyridine rings is 1. The Morgan fingerprint density at radius 1 is 1.15 bits per heavy atom. The van der Waals surface area contributed by atoms with Crippen LogP contribution in [0.5, 0.6) is 0 Å². The van der Waals surface area contributed by atoms with Gasteiger partial charge in [-0.15, -0.1) is 11.3 Å². The Morgan fingerprint density at radius 2 is 1.96 bits per heavy atom. The van der Waals surface area contributed by atoms with Crippen LogP contribution in [-0.4, -0.2) is 23.5 Å². The summed E-state index contributed by atoms with van der Waals surface area (Å²) >= 11 is 1.12. The molecule has 1 aromatic carbocycles. The number of thiophene rings is 1. The van der Waals surface area contributed by atoms with Crippen LogP contribution < -0.4 is 0 Å². The van der Waals surface area contributed by atoms with Crippen molar-refractivity contribution in [1.82, 2.24) is 4.98 Å². The average molecular weight is 373 g/mol. The Balaban J connectivity index is 1.92. The summed E-state index contributed by atoms with van der Waals surface area (Å²) in [6, 6.07) is 7.88. The van der Waals surface area contributed by atoms with Gasteiger partial charge in [0.25, 0.3) is 0 Å². The Labute approximate surface area is 153 Å². The van der Waals surface area contributed by atoms with Crippen LogP contribution in [0.1, 0.15) is 38.2 Å². The van der Waals surface area contributed by atoms with Gasteiger partial charge in [-0.3, -0.25) is 4.98 Å². The molecule has 0 atom stereocenters. The molecule has 0 saturated carbocycles. The molecule has 0 fully saturated rings. The van der Waals surface area contributed by atoms with Gasteiger partial charge in [-0.05, 0) is 38.1 Å². The van der Waals surface area contributed by atoms with Gasteiger partial charge >= 0.3 is 11.9 Å². The fraction of sp³-hybridized carbons (Fsp3) is 0.211. The highest BCUT2D eigenvalue weighted by atomic mass is 32.1. The summed E-state index contributed by atoms with van der Waals surface area (Å²) in [5.74, 6) is -1.63. The molecule has 7 heteroatoms. The van der Waals surface area contributed by atoms with Crippen molar-refractivity contribution in [1.29, 1.82) is 0 Å². The summed E-state index contributed by atoms with van der Waals surface area (Å²) in [6.07, 6.45) is 1.41. The summed E-state index contributed by atoms with van der Waals surface area (Å²) in [4.78, 5) is 28.7. The Bertz CT molecular complexity index is 966. The Morgan fingerprint density at radius 3 is 2.65 bits per heavy atom. The van der Waals surface area contributed by atoms with E-state index in [-0.39, 0.29) is 29.0 Å². The van der Waals surface area contributed by atoms with Gasteiger partial charge in [-0.25, -0.2) is 14.0 Å². The molecule has 0 aliphatic carbocycles. The smallest absolute Gasteiger partial charge is 0.348 e. The summed E-state index contributed by atoms with van der Waals surface area (Å²) < 4.78 is 25.2. The van der Waals surface area contributed by atoms with Crippen LogP contribution in [-0.2, 0) is 16.1 Å². The molecule has 0 aliphatic rings. The molecule has 2 aromatic heterocycles. The number of carbonyl (C=O) groups is 2. The van der Waals surface area contributed by atoms with Crippen molar-refractivity contribution in [2.75, 3.05) is 6.61 Å². The first-order chi connectivity index (χ1) is 12.5. The maximum Gasteiger partial charge on any atom is 0.348 e. The van der Waals surface area contributed by atoms with Crippen molar-refractivity contribution in [2.24, 2.45) is 0 Å². The predicted molar refractivity (Wildman–Crippen MR) is 95.8 cm³/mol. The zero-order valence-electron chi connectivity index (χ0n) is 14.2. The third kappa shape index (κ3) is 3.57. The van der Waals surface area contributed by atoms with Crippen LogP contribution in [0.2, 0.25) is 0 Å². The standard InChI is InChI=1S/C19H16FNO4S/c1-3-24-19(23)17-13(16-14(20)5-4-6-15(16)26-17)10-25-18(22)12-8-7-11(2)21-9-12/h4-9H,3,10H2,1-2H3. The van der Waals surface area contributed by atoms with Crippen molar-refractivity contribution in [3.05, 3.63) is 64.0 Å². The lowest BCUT2D eigenvalue weighted by Gasteiger charge is -2.07. The van der Waals surface area contributed by atoms with Gasteiger partial charge in [0.05, 0.1) is 12.2 Å². The number of nitrogens with zero attached hydrogens (tertiary/aromatic N) is 1. The van der Waals surface area contributed by atoms with E-state index in [1.807, 2.05) is 0 Å². The van der Waals surface area contributed by atoms with Gasteiger partial charge in [-0.2, -0.15) is 0 Å². The largest absolute Gasteiger partial charge is 0.462 e. The number of ether oxygens (including phenoxy) is 2. The minimum absolute atomic E-state index is 0.198. The van der Waals surface area contributed by atoms with Crippen LogP contribution in [0.25, 0.3) is 10.1 Å². The number of carbonyl (C=O) groups excluding carboxylic acids is 2. The second kappa shape index (κ2) is 7.61. The van der Waals surface area contributed by atoms with Crippen LogP contribution in [0.4, 0.5) is 4.39 Å². The van der Waals surface area contributed by atoms with Crippen LogP contribution in [0, 0.1) is 12.7 Å². The third-order valence-corrected chi connectivity index (χ3v) is 4.90. The zero-order valence-corrected chi connectivity index (χ0v) is 15.1. The zero-order chi connectivity index (χ0) is 18.7. The van der Waals surface area contributed by atoms with Crippen molar-refractivity contribution in [3.63, 3.8) is 0 Å². The lowest BCUT2D eigenvalue weighted by molar-refractivity contribution is 0.0454. The van der Waals surface area contributed by atoms with E-state index < -0.39 is 17.8 Å². The highest BCUT2D eigenvalue weighted by Gasteiger charge is 2.23. The molecule has 3 aromatic rings. The number of esters is 2. The van der Waals surface area contributed by atoms with E-state index >= 15 is 0 Å². The molecule has 0 aliphatic heterocycles. The highest BCUT2D eigenvalue weighted by Crippen LogP contribution is 2.34. The van der Waals surface area contributed by atoms with E-state index in [0.29, 0.717) is 10.3 Å². The molecular formula is C19H16FNO4S. The van der Waals surface area contributed by atoms with Gasteiger partial charge < -0.3 is 9.47 Å². The van der Waals surface area contributed by atoms with Crippen molar-refractivity contribution < 1.29 is 23.5 Å². The molecule has 26 heavy (non-hydrogen) atoms. The summed E-state index contributed by atoms with van der Waals surface area (Å²) in [5, 5.41) is 0.274. The van der Waals surface area contributed by atoms with E-state index in [1.165, 1.54) is 12.3 Å². The molecule has 5 nitrogen and oxygen atoms in total. The number of aryl methyl sites for hydroxylation is 1. The van der Waals surface area contributed by atoms with E-state index in [4.69, 9.17) is 9.47 Å². The maximum atomic E-state index is 14.3. The first-order valence-electron chi connectivity index (χ1n) is 7.98. The predicted octanol–water partition coefficient (Wildman–Crippen LogP) is 4.28. The first kappa shape index (κ1) is 18.0. The Hall–Kier alpha value is -2.80. The summed E-state index contributed by atoms with van der Waals surface area (Å²) in [7, 11) is 0. The average Bonchev–Trinajstić information content (AvgIpc) is 3.00. The van der Waals surface area contributed by atoms with Gasteiger partial charge in [0, 0.05) is 27.5 Å². The minimum atomic E-state index is -0.594. The maximum absolute atomic E-state index is 14.3. The van der Waals surface area contributed by atoms with E-state index in [9.17, 15) is 14.0 Å². The van der Waals surface area contributed by atoms with Crippen LogP contribution >= 0.6 is 11.3 Å². The summed E-state index contributed by atoms with van der Waals surface area (Å²) in [6.45, 7) is 3.46. The van der Waals surface area contributed by atoms with E-state index in [0.717, 1.165) is 17.0 Å². The van der Waals surface area contributed by atoms with Gasteiger partial charge in [-0.1, -0.05) is 6.07 Å². The molecular weight excluding hydrogens is 357 g/mol. The topological polar surface area (TPSA) is 65.5 Å². The van der Waals surface area contributed by atoms with Crippen molar-refractivity contribution in [2.45, 2.75) is 20.5 Å². The number of hydrogen-bond acceptors (Lipinski definition) is 6. The molecule has 2 heterocycles. The molecule has 0 radical (unpaired) electrons. The number of halogens is 1. The van der Waals surface area contributed by atoms with Crippen molar-refractivity contribution >= 4 is 33.4 Å². The molecule has 0 spiro atoms. The SMILES string of the molecule is CCOC(=O)c1sc2cccc(F)c2c1COC(=O)c1ccc(C)nc1. The van der Waals surface area contributed by atoms with Gasteiger partial charge in [0.1, 0.15) is 17.3 Å². The van der Waals surface area contributed by atoms with E-state index in [1.54, 1.807) is 38.1 Å². The number of benzene rings is 1. The lowest BCUT2D eigenvalue weighted by Crippen LogP contribution is -2.10. The summed E-state index contributed by atoms with van der Waals surface area (Å²) in [5.41, 5.74) is 1.38. The molecule has 0 amide bonds. The van der Waals surface area contributed by atoms with E-state index in [2.05, 4.69) is 4.98 Å². The van der Waals surface area contributed by atoms with Gasteiger partial charge in [0.15, 0.2) is 0 Å². The molecule has 134 valence electrons. The second-order valence-corrected chi connectivity index (χ2v) is 6.56. The normalized spacial score (nSPS) is 10.7. The monoisotopic (exact) mass is 373 g/mol. The fourth-order valence-electron chi connectivity index (χ4n) is 2.48. The second-order valence-electron chi connectivity index (χ2n) is 5.51. The number of rotatable bonds is 5. The minimum Gasteiger partial charge on any atom is -0.462 e. The molecule has 0 bridgehead atoms. The van der Waals surface area contributed by atoms with Crippen LogP contribution in [0.3, 0.4) is 0 Å². The number of fused-ring (bicyclic) bond motifs is 1. The lowest BCUT2D eigenvalue weighted by atomic mass is 10.1. The number of hydrogen-bond donors (Lipinski definition) is 0. The fourth-order valence-corrected chi connectivity index (χ4v) is 3.59. The Kier molecular flexibility index (Phi) is 5.27. The third-order valence-electron chi connectivity index (χ3n) is 3.72. The first-order valence-corrected chi connectivity index (χ1v) is 8.79. The molecule has 0 saturated heterocycles. The number of aromatic nitrogens is 1. The van der Waals surface area contributed by atoms with Gasteiger partial charge in [0.2, 0.25) is 0 Å². The quantitative estimate of drug-likeness (QED) is 0.625.